The summed E-state index contributed by atoms with van der Waals surface area (Å²) in [5, 5.41) is 9.95. The molecule has 0 aliphatic rings. The molecule has 1 aromatic heterocycles. The largest absolute Gasteiger partial charge is 0.508 e. The SMILES string of the molecule is Cc1cc(N(C)C)nc(Sc2ccc(O)cc2)n1. The maximum atomic E-state index is 9.24. The van der Waals surface area contributed by atoms with Crippen LogP contribution in [0.4, 0.5) is 5.82 Å². The van der Waals surface area contributed by atoms with Crippen LogP contribution in [0.2, 0.25) is 0 Å². The van der Waals surface area contributed by atoms with E-state index in [4.69, 9.17) is 0 Å². The second-order valence-electron chi connectivity index (χ2n) is 4.14. The van der Waals surface area contributed by atoms with Crippen LogP contribution >= 0.6 is 11.8 Å². The highest BCUT2D eigenvalue weighted by atomic mass is 32.2. The van der Waals surface area contributed by atoms with Gasteiger partial charge >= 0.3 is 0 Å². The Kier molecular flexibility index (Phi) is 3.72. The molecule has 1 N–H and O–H groups in total. The predicted octanol–water partition coefficient (Wildman–Crippen LogP) is 2.71. The molecule has 0 unspecified atom stereocenters. The van der Waals surface area contributed by atoms with Crippen molar-refractivity contribution < 1.29 is 5.11 Å². The van der Waals surface area contributed by atoms with Crippen molar-refractivity contribution in [2.45, 2.75) is 17.0 Å². The van der Waals surface area contributed by atoms with Crippen molar-refractivity contribution in [3.63, 3.8) is 0 Å². The summed E-state index contributed by atoms with van der Waals surface area (Å²) in [6.45, 7) is 1.95. The molecular weight excluding hydrogens is 246 g/mol. The first kappa shape index (κ1) is 12.7. The van der Waals surface area contributed by atoms with Gasteiger partial charge in [0.15, 0.2) is 5.16 Å². The van der Waals surface area contributed by atoms with E-state index in [0.717, 1.165) is 16.4 Å². The lowest BCUT2D eigenvalue weighted by atomic mass is 10.3. The van der Waals surface area contributed by atoms with Gasteiger partial charge in [-0.2, -0.15) is 0 Å². The summed E-state index contributed by atoms with van der Waals surface area (Å²) in [5.74, 6) is 1.15. The van der Waals surface area contributed by atoms with Gasteiger partial charge in [0.1, 0.15) is 11.6 Å². The first-order chi connectivity index (χ1) is 8.54. The standard InChI is InChI=1S/C13H15N3OS/c1-9-8-12(16(2)3)15-13(14-9)18-11-6-4-10(17)5-7-11/h4-8,17H,1-3H3. The Hall–Kier alpha value is -1.75. The molecule has 0 radical (unpaired) electrons. The highest BCUT2D eigenvalue weighted by Gasteiger charge is 2.05. The monoisotopic (exact) mass is 261 g/mol. The predicted molar refractivity (Wildman–Crippen MR) is 73.3 cm³/mol. The topological polar surface area (TPSA) is 49.2 Å². The van der Waals surface area contributed by atoms with E-state index < -0.39 is 0 Å². The minimum absolute atomic E-state index is 0.262. The highest BCUT2D eigenvalue weighted by molar-refractivity contribution is 7.99. The molecule has 1 heterocycles. The Balaban J connectivity index is 2.26. The molecule has 4 nitrogen and oxygen atoms in total. The number of hydrogen-bond donors (Lipinski definition) is 1. The number of anilines is 1. The number of phenols is 1. The van der Waals surface area contributed by atoms with Crippen molar-refractivity contribution in [2.75, 3.05) is 19.0 Å². The second-order valence-corrected chi connectivity index (χ2v) is 5.18. The maximum absolute atomic E-state index is 9.24. The number of rotatable bonds is 3. The van der Waals surface area contributed by atoms with E-state index in [2.05, 4.69) is 9.97 Å². The molecule has 0 saturated heterocycles. The summed E-state index contributed by atoms with van der Waals surface area (Å²) in [5.41, 5.74) is 0.940. The van der Waals surface area contributed by atoms with Gasteiger partial charge in [0.2, 0.25) is 0 Å². The highest BCUT2D eigenvalue weighted by Crippen LogP contribution is 2.27. The van der Waals surface area contributed by atoms with E-state index in [1.54, 1.807) is 12.1 Å². The van der Waals surface area contributed by atoms with E-state index in [9.17, 15) is 5.11 Å². The number of phenolic OH excluding ortho intramolecular Hbond substituents is 1. The van der Waals surface area contributed by atoms with Crippen LogP contribution in [-0.4, -0.2) is 29.2 Å². The lowest BCUT2D eigenvalue weighted by molar-refractivity contribution is 0.475. The summed E-state index contributed by atoms with van der Waals surface area (Å²) in [7, 11) is 3.91. The van der Waals surface area contributed by atoms with Crippen LogP contribution in [0.1, 0.15) is 5.69 Å². The third-order valence-electron chi connectivity index (χ3n) is 2.32. The Bertz CT molecular complexity index is 540. The first-order valence-corrected chi connectivity index (χ1v) is 6.36. The minimum atomic E-state index is 0.262. The third-order valence-corrected chi connectivity index (χ3v) is 3.20. The van der Waals surface area contributed by atoms with Crippen molar-refractivity contribution in [3.8, 4) is 5.75 Å². The Labute approximate surface area is 111 Å². The van der Waals surface area contributed by atoms with Gasteiger partial charge in [-0.25, -0.2) is 9.97 Å². The fourth-order valence-corrected chi connectivity index (χ4v) is 2.23. The quantitative estimate of drug-likeness (QED) is 0.861. The molecule has 18 heavy (non-hydrogen) atoms. The van der Waals surface area contributed by atoms with Gasteiger partial charge in [0.05, 0.1) is 0 Å². The van der Waals surface area contributed by atoms with Crippen LogP contribution in [0.3, 0.4) is 0 Å². The average molecular weight is 261 g/mol. The molecule has 94 valence electrons. The van der Waals surface area contributed by atoms with Crippen LogP contribution < -0.4 is 4.90 Å². The molecular formula is C13H15N3OS. The second kappa shape index (κ2) is 5.27. The Morgan fingerprint density at radius 1 is 1.11 bits per heavy atom. The number of aromatic nitrogens is 2. The van der Waals surface area contributed by atoms with Crippen LogP contribution in [-0.2, 0) is 0 Å². The van der Waals surface area contributed by atoms with Crippen LogP contribution in [0.25, 0.3) is 0 Å². The van der Waals surface area contributed by atoms with Crippen molar-refractivity contribution in [1.82, 2.24) is 9.97 Å². The van der Waals surface area contributed by atoms with Crippen LogP contribution in [0, 0.1) is 6.92 Å². The van der Waals surface area contributed by atoms with E-state index in [0.29, 0.717) is 5.16 Å². The van der Waals surface area contributed by atoms with Gasteiger partial charge in [0, 0.05) is 30.8 Å². The molecule has 0 spiro atoms. The van der Waals surface area contributed by atoms with Gasteiger partial charge in [0.25, 0.3) is 0 Å². The van der Waals surface area contributed by atoms with E-state index in [-0.39, 0.29) is 5.75 Å². The lowest BCUT2D eigenvalue weighted by Gasteiger charge is -2.12. The number of aryl methyl sites for hydroxylation is 1. The molecule has 2 rings (SSSR count). The fraction of sp³-hybridized carbons (Fsp3) is 0.231. The fourth-order valence-electron chi connectivity index (χ4n) is 1.42. The number of nitrogens with zero attached hydrogens (tertiary/aromatic N) is 3. The van der Waals surface area contributed by atoms with Crippen LogP contribution in [0.15, 0.2) is 40.4 Å². The zero-order valence-electron chi connectivity index (χ0n) is 10.6. The van der Waals surface area contributed by atoms with E-state index >= 15 is 0 Å². The van der Waals surface area contributed by atoms with Crippen molar-refractivity contribution in [3.05, 3.63) is 36.0 Å². The Morgan fingerprint density at radius 3 is 2.39 bits per heavy atom. The molecule has 5 heteroatoms. The molecule has 0 saturated carbocycles. The summed E-state index contributed by atoms with van der Waals surface area (Å²) < 4.78 is 0. The van der Waals surface area contributed by atoms with Gasteiger partial charge < -0.3 is 10.0 Å². The first-order valence-electron chi connectivity index (χ1n) is 5.54. The molecule has 0 bridgehead atoms. The summed E-state index contributed by atoms with van der Waals surface area (Å²) >= 11 is 1.48. The van der Waals surface area contributed by atoms with Gasteiger partial charge in [-0.3, -0.25) is 0 Å². The molecule has 0 aliphatic heterocycles. The number of benzene rings is 1. The summed E-state index contributed by atoms with van der Waals surface area (Å²) in [6, 6.07) is 8.96. The van der Waals surface area contributed by atoms with Crippen molar-refractivity contribution in [1.29, 1.82) is 0 Å². The maximum Gasteiger partial charge on any atom is 0.194 e. The van der Waals surface area contributed by atoms with Crippen molar-refractivity contribution >= 4 is 17.6 Å². The third kappa shape index (κ3) is 3.13. The molecule has 2 aromatic rings. The zero-order valence-corrected chi connectivity index (χ0v) is 11.4. The van der Waals surface area contributed by atoms with Crippen LogP contribution in [0.5, 0.6) is 5.75 Å². The number of aromatic hydroxyl groups is 1. The summed E-state index contributed by atoms with van der Waals surface area (Å²) in [6.07, 6.45) is 0. The van der Waals surface area contributed by atoms with Crippen molar-refractivity contribution in [2.24, 2.45) is 0 Å². The molecule has 1 aromatic carbocycles. The van der Waals surface area contributed by atoms with E-state index in [1.807, 2.05) is 44.1 Å². The summed E-state index contributed by atoms with van der Waals surface area (Å²) in [4.78, 5) is 11.8. The van der Waals surface area contributed by atoms with Gasteiger partial charge in [-0.1, -0.05) is 0 Å². The zero-order chi connectivity index (χ0) is 13.1. The average Bonchev–Trinajstić information content (AvgIpc) is 2.31. The minimum Gasteiger partial charge on any atom is -0.508 e. The molecule has 0 amide bonds. The number of hydrogen-bond acceptors (Lipinski definition) is 5. The van der Waals surface area contributed by atoms with E-state index in [1.165, 1.54) is 11.8 Å². The molecule has 0 aliphatic carbocycles. The molecule has 0 fully saturated rings. The lowest BCUT2D eigenvalue weighted by Crippen LogP contribution is -2.11. The normalized spacial score (nSPS) is 10.4. The molecule has 0 atom stereocenters. The van der Waals surface area contributed by atoms with Gasteiger partial charge in [-0.15, -0.1) is 0 Å². The smallest absolute Gasteiger partial charge is 0.194 e. The Morgan fingerprint density at radius 2 is 1.78 bits per heavy atom. The van der Waals surface area contributed by atoms with Gasteiger partial charge in [-0.05, 0) is 43.0 Å².